The largest absolute Gasteiger partial charge is 0.489 e. The topological polar surface area (TPSA) is 139 Å². The number of ether oxygens (including phenoxy) is 1. The first kappa shape index (κ1) is 30.3. The van der Waals surface area contributed by atoms with Gasteiger partial charge < -0.3 is 24.8 Å². The van der Waals surface area contributed by atoms with E-state index in [-0.39, 0.29) is 53.7 Å². The van der Waals surface area contributed by atoms with Gasteiger partial charge in [-0.2, -0.15) is 13.2 Å². The van der Waals surface area contributed by atoms with Gasteiger partial charge in [0.25, 0.3) is 5.91 Å². The van der Waals surface area contributed by atoms with Crippen molar-refractivity contribution in [3.8, 4) is 5.75 Å². The molecule has 3 heterocycles. The van der Waals surface area contributed by atoms with Crippen LogP contribution in [0.15, 0.2) is 29.3 Å². The summed E-state index contributed by atoms with van der Waals surface area (Å²) < 4.78 is 89.4. The fourth-order valence-electron chi connectivity index (χ4n) is 4.63. The molecule has 1 saturated heterocycles. The summed E-state index contributed by atoms with van der Waals surface area (Å²) in [7, 11) is -2.77. The summed E-state index contributed by atoms with van der Waals surface area (Å²) in [5.41, 5.74) is -2.23. The second-order valence-electron chi connectivity index (χ2n) is 10.6. The fraction of sp³-hybridized carbons (Fsp3) is 0.480. The molecule has 1 aromatic carbocycles. The van der Waals surface area contributed by atoms with E-state index < -0.39 is 57.2 Å². The Balaban J connectivity index is 1.55. The third-order valence-electron chi connectivity index (χ3n) is 7.12. The monoisotopic (exact) mass is 603 g/mol. The number of nitrogens with one attached hydrogen (secondary N) is 3. The lowest BCUT2D eigenvalue weighted by Crippen LogP contribution is -2.60. The van der Waals surface area contributed by atoms with Crippen molar-refractivity contribution in [2.24, 2.45) is 13.0 Å². The van der Waals surface area contributed by atoms with E-state index in [1.54, 1.807) is 5.32 Å². The number of benzene rings is 1. The molecule has 3 N–H and O–H groups in total. The van der Waals surface area contributed by atoms with Crippen LogP contribution in [0.5, 0.6) is 5.75 Å². The van der Waals surface area contributed by atoms with Crippen LogP contribution >= 0.6 is 0 Å². The summed E-state index contributed by atoms with van der Waals surface area (Å²) in [6.07, 6.45) is -3.52. The molecule has 16 heteroatoms. The van der Waals surface area contributed by atoms with E-state index in [0.29, 0.717) is 0 Å². The summed E-state index contributed by atoms with van der Waals surface area (Å²) in [5.74, 6) is -4.78. The van der Waals surface area contributed by atoms with Crippen LogP contribution in [0.4, 0.5) is 23.2 Å². The molecule has 0 radical (unpaired) electrons. The molecule has 224 valence electrons. The van der Waals surface area contributed by atoms with Gasteiger partial charge in [0, 0.05) is 44.0 Å². The minimum atomic E-state index is -4.80. The average molecular weight is 604 g/mol. The van der Waals surface area contributed by atoms with E-state index in [0.717, 1.165) is 18.7 Å². The molecule has 0 unspecified atom stereocenters. The lowest BCUT2D eigenvalue weighted by molar-refractivity contribution is -0.189. The second-order valence-corrected chi connectivity index (χ2v) is 12.3. The summed E-state index contributed by atoms with van der Waals surface area (Å²) in [6, 6.07) is 3.21. The minimum absolute atomic E-state index is 0.0639. The predicted molar refractivity (Wildman–Crippen MR) is 137 cm³/mol. The number of halogens is 4. The number of aromatic nitrogens is 1. The molecular formula is C25H29F4N5O6S. The Kier molecular flexibility index (Phi) is 7.86. The highest BCUT2D eigenvalue weighted by Crippen LogP contribution is 2.35. The molecule has 3 amide bonds. The number of rotatable bonds is 3. The maximum absolute atomic E-state index is 13.6. The van der Waals surface area contributed by atoms with Crippen LogP contribution in [0.1, 0.15) is 36.3 Å². The Hall–Kier alpha value is -3.66. The lowest BCUT2D eigenvalue weighted by Gasteiger charge is -2.39. The standard InChI is InChI=1S/C25H29F4N5O6S/c1-13-9-15(5-6-16(13)26)30-21(35)19-20-18(11-33(19)4)41(38,39)32-17-7-8-34(10-14(17)12-40-20)23(37)22(36)31-24(2,3)25(27,28)29/h5-6,9,11,14,17,32H,7-8,10,12H2,1-4H3,(H,30,35)(H,31,36)/t14-,17+/m0/s1. The molecule has 2 aromatic rings. The highest BCUT2D eigenvalue weighted by Gasteiger charge is 2.50. The summed E-state index contributed by atoms with van der Waals surface area (Å²) in [6.45, 7) is 2.51. The van der Waals surface area contributed by atoms with E-state index in [1.165, 1.54) is 42.9 Å². The van der Waals surface area contributed by atoms with Gasteiger partial charge in [0.1, 0.15) is 16.3 Å². The number of hydrogen-bond acceptors (Lipinski definition) is 6. The maximum Gasteiger partial charge on any atom is 0.410 e. The van der Waals surface area contributed by atoms with E-state index >= 15 is 0 Å². The van der Waals surface area contributed by atoms with Gasteiger partial charge in [0.15, 0.2) is 11.4 Å². The quantitative estimate of drug-likeness (QED) is 0.363. The number of hydrogen-bond donors (Lipinski definition) is 3. The van der Waals surface area contributed by atoms with Crippen molar-refractivity contribution in [3.05, 3.63) is 41.5 Å². The smallest absolute Gasteiger partial charge is 0.410 e. The van der Waals surface area contributed by atoms with E-state index in [4.69, 9.17) is 4.74 Å². The zero-order chi connectivity index (χ0) is 30.5. The number of amides is 3. The second kappa shape index (κ2) is 10.6. The van der Waals surface area contributed by atoms with Gasteiger partial charge in [-0.15, -0.1) is 0 Å². The van der Waals surface area contributed by atoms with Crippen LogP contribution in [0, 0.1) is 18.7 Å². The molecule has 2 atom stereocenters. The lowest BCUT2D eigenvalue weighted by atomic mass is 9.93. The van der Waals surface area contributed by atoms with Gasteiger partial charge in [-0.1, -0.05) is 0 Å². The van der Waals surface area contributed by atoms with E-state index in [9.17, 15) is 40.4 Å². The van der Waals surface area contributed by atoms with Gasteiger partial charge in [0.2, 0.25) is 10.0 Å². The number of anilines is 1. The fourth-order valence-corrected chi connectivity index (χ4v) is 6.16. The average Bonchev–Trinajstić information content (AvgIpc) is 3.20. The SMILES string of the molecule is Cc1cc(NC(=O)c2c3c(cn2C)S(=O)(=O)N[C@@H]2CCN(C(=O)C(=O)NC(C)(C)C(F)(F)F)C[C@H]2CO3)ccc1F. The third-order valence-corrected chi connectivity index (χ3v) is 8.60. The molecule has 1 fully saturated rings. The molecule has 41 heavy (non-hydrogen) atoms. The number of carbonyl (C=O) groups excluding carboxylic acids is 3. The number of nitrogens with zero attached hydrogens (tertiary/aromatic N) is 2. The zero-order valence-corrected chi connectivity index (χ0v) is 23.4. The predicted octanol–water partition coefficient (Wildman–Crippen LogP) is 2.07. The summed E-state index contributed by atoms with van der Waals surface area (Å²) in [4.78, 5) is 39.0. The molecule has 0 spiro atoms. The normalized spacial score (nSPS) is 20.5. The van der Waals surface area contributed by atoms with Crippen molar-refractivity contribution in [3.63, 3.8) is 0 Å². The van der Waals surface area contributed by atoms with Crippen molar-refractivity contribution < 1.29 is 45.1 Å². The minimum Gasteiger partial charge on any atom is -0.489 e. The Morgan fingerprint density at radius 2 is 1.85 bits per heavy atom. The highest BCUT2D eigenvalue weighted by molar-refractivity contribution is 7.89. The van der Waals surface area contributed by atoms with Crippen molar-refractivity contribution >= 4 is 33.4 Å². The van der Waals surface area contributed by atoms with Crippen molar-refractivity contribution in [2.75, 3.05) is 25.0 Å². The van der Waals surface area contributed by atoms with Gasteiger partial charge in [0.05, 0.1) is 6.61 Å². The zero-order valence-electron chi connectivity index (χ0n) is 22.6. The van der Waals surface area contributed by atoms with Crippen LogP contribution in [0.3, 0.4) is 0 Å². The third kappa shape index (κ3) is 6.02. The van der Waals surface area contributed by atoms with Crippen molar-refractivity contribution in [1.29, 1.82) is 0 Å². The highest BCUT2D eigenvalue weighted by atomic mass is 32.2. The van der Waals surface area contributed by atoms with Crippen LogP contribution in [-0.2, 0) is 26.7 Å². The first-order chi connectivity index (χ1) is 18.9. The Morgan fingerprint density at radius 3 is 2.49 bits per heavy atom. The number of piperidine rings is 1. The van der Waals surface area contributed by atoms with Crippen LogP contribution in [0.25, 0.3) is 0 Å². The molecule has 11 nitrogen and oxygen atoms in total. The first-order valence-electron chi connectivity index (χ1n) is 12.5. The molecular weight excluding hydrogens is 574 g/mol. The Labute approximate surface area is 233 Å². The van der Waals surface area contributed by atoms with Crippen LogP contribution in [0.2, 0.25) is 0 Å². The number of fused-ring (bicyclic) bond motifs is 2. The molecule has 2 aliphatic rings. The van der Waals surface area contributed by atoms with Gasteiger partial charge in [-0.3, -0.25) is 14.4 Å². The molecule has 0 bridgehead atoms. The van der Waals surface area contributed by atoms with Crippen LogP contribution < -0.4 is 20.1 Å². The van der Waals surface area contributed by atoms with Crippen molar-refractivity contribution in [1.82, 2.24) is 19.5 Å². The van der Waals surface area contributed by atoms with Gasteiger partial charge >= 0.3 is 18.0 Å². The molecule has 0 aliphatic carbocycles. The number of alkyl halides is 3. The first-order valence-corrected chi connectivity index (χ1v) is 14.0. The van der Waals surface area contributed by atoms with Crippen molar-refractivity contribution in [2.45, 2.75) is 49.8 Å². The Bertz CT molecular complexity index is 1500. The van der Waals surface area contributed by atoms with Gasteiger partial charge in [-0.25, -0.2) is 17.5 Å². The summed E-state index contributed by atoms with van der Waals surface area (Å²) >= 11 is 0. The van der Waals surface area contributed by atoms with Gasteiger partial charge in [-0.05, 0) is 51.0 Å². The summed E-state index contributed by atoms with van der Waals surface area (Å²) in [5, 5.41) is 4.28. The van der Waals surface area contributed by atoms with E-state index in [1.807, 2.05) is 0 Å². The molecule has 1 aromatic heterocycles. The maximum atomic E-state index is 13.6. The molecule has 4 rings (SSSR count). The number of sulfonamides is 1. The molecule has 2 aliphatic heterocycles. The van der Waals surface area contributed by atoms with E-state index in [2.05, 4.69) is 10.0 Å². The number of likely N-dealkylation sites (tertiary alicyclic amines) is 1. The number of carbonyl (C=O) groups is 3. The number of aryl methyl sites for hydroxylation is 2. The van der Waals surface area contributed by atoms with Crippen LogP contribution in [-0.4, -0.2) is 73.1 Å². The molecule has 0 saturated carbocycles. The Morgan fingerprint density at radius 1 is 1.17 bits per heavy atom.